The van der Waals surface area contributed by atoms with Gasteiger partial charge in [0.1, 0.15) is 5.78 Å². The van der Waals surface area contributed by atoms with Gasteiger partial charge in [0, 0.05) is 18.2 Å². The molecular weight excluding hydrogens is 262 g/mol. The lowest BCUT2D eigenvalue weighted by Crippen LogP contribution is -2.40. The summed E-state index contributed by atoms with van der Waals surface area (Å²) in [6.07, 6.45) is 11.2. The average molecular weight is 287 g/mol. The van der Waals surface area contributed by atoms with E-state index in [9.17, 15) is 4.79 Å². The number of fused-ring (bicyclic) bond motifs is 2. The van der Waals surface area contributed by atoms with Crippen LogP contribution in [0.4, 0.5) is 0 Å². The summed E-state index contributed by atoms with van der Waals surface area (Å²) in [5.74, 6) is 1.57. The zero-order valence-electron chi connectivity index (χ0n) is 12.6. The lowest BCUT2D eigenvalue weighted by atomic mass is 9.81. The van der Waals surface area contributed by atoms with E-state index in [2.05, 4.69) is 16.0 Å². The van der Waals surface area contributed by atoms with Crippen molar-refractivity contribution in [2.24, 2.45) is 23.5 Å². The average Bonchev–Trinajstić information content (AvgIpc) is 3.23. The molecule has 0 aliphatic heterocycles. The zero-order valence-corrected chi connectivity index (χ0v) is 12.6. The smallest absolute Gasteiger partial charge is 0.143 e. The van der Waals surface area contributed by atoms with E-state index in [1.807, 2.05) is 6.07 Å². The number of nitrogens with zero attached hydrogens (tertiary/aromatic N) is 2. The normalized spacial score (nSPS) is 35.7. The molecule has 114 valence electrons. The Labute approximate surface area is 126 Å². The van der Waals surface area contributed by atoms with E-state index in [4.69, 9.17) is 5.73 Å². The zero-order chi connectivity index (χ0) is 14.4. The van der Waals surface area contributed by atoms with Crippen LogP contribution in [0.25, 0.3) is 0 Å². The van der Waals surface area contributed by atoms with E-state index in [-0.39, 0.29) is 12.0 Å². The van der Waals surface area contributed by atoms with Crippen molar-refractivity contribution in [2.75, 3.05) is 0 Å². The number of ketones is 1. The van der Waals surface area contributed by atoms with E-state index < -0.39 is 0 Å². The Kier molecular flexibility index (Phi) is 3.37. The third-order valence-corrected chi connectivity index (χ3v) is 6.07. The van der Waals surface area contributed by atoms with Gasteiger partial charge in [-0.3, -0.25) is 9.48 Å². The topological polar surface area (TPSA) is 60.9 Å². The van der Waals surface area contributed by atoms with Crippen LogP contribution in [-0.2, 0) is 11.2 Å². The highest BCUT2D eigenvalue weighted by Gasteiger charge is 2.48. The van der Waals surface area contributed by atoms with Crippen LogP contribution in [0.1, 0.15) is 56.7 Å². The van der Waals surface area contributed by atoms with Gasteiger partial charge in [0.25, 0.3) is 0 Å². The number of carbonyl (C=O) groups is 1. The molecule has 4 unspecified atom stereocenters. The van der Waals surface area contributed by atoms with Crippen molar-refractivity contribution >= 4 is 5.78 Å². The Morgan fingerprint density at radius 1 is 1.24 bits per heavy atom. The van der Waals surface area contributed by atoms with Crippen molar-refractivity contribution < 1.29 is 4.79 Å². The quantitative estimate of drug-likeness (QED) is 0.925. The molecule has 4 rings (SSSR count). The molecule has 3 aliphatic carbocycles. The predicted molar refractivity (Wildman–Crippen MR) is 80.7 cm³/mol. The molecule has 3 saturated carbocycles. The second-order valence-electron chi connectivity index (χ2n) is 7.30. The van der Waals surface area contributed by atoms with Gasteiger partial charge in [0.2, 0.25) is 0 Å². The van der Waals surface area contributed by atoms with Gasteiger partial charge in [-0.15, -0.1) is 0 Å². The molecule has 0 aromatic carbocycles. The molecule has 3 fully saturated rings. The van der Waals surface area contributed by atoms with Gasteiger partial charge in [0.15, 0.2) is 0 Å². The van der Waals surface area contributed by atoms with E-state index in [1.165, 1.54) is 44.9 Å². The SMILES string of the molecule is NC1C2CCC(C2)C1C(=O)Cc1ccn(C2CCCC2)n1. The largest absolute Gasteiger partial charge is 0.327 e. The molecule has 1 heterocycles. The first-order valence-corrected chi connectivity index (χ1v) is 8.54. The van der Waals surface area contributed by atoms with Gasteiger partial charge >= 0.3 is 0 Å². The Morgan fingerprint density at radius 3 is 2.71 bits per heavy atom. The van der Waals surface area contributed by atoms with Gasteiger partial charge in [-0.25, -0.2) is 0 Å². The van der Waals surface area contributed by atoms with Gasteiger partial charge in [-0.1, -0.05) is 12.8 Å². The Balaban J connectivity index is 1.42. The fourth-order valence-electron chi connectivity index (χ4n) is 4.95. The fourth-order valence-corrected chi connectivity index (χ4v) is 4.95. The second-order valence-corrected chi connectivity index (χ2v) is 7.30. The first kappa shape index (κ1) is 13.5. The highest BCUT2D eigenvalue weighted by molar-refractivity contribution is 5.84. The van der Waals surface area contributed by atoms with Gasteiger partial charge in [-0.05, 0) is 50.0 Å². The monoisotopic (exact) mass is 287 g/mol. The van der Waals surface area contributed by atoms with Crippen molar-refractivity contribution in [3.05, 3.63) is 18.0 Å². The summed E-state index contributed by atoms with van der Waals surface area (Å²) in [6, 6.07) is 2.68. The summed E-state index contributed by atoms with van der Waals surface area (Å²) >= 11 is 0. The van der Waals surface area contributed by atoms with Crippen molar-refractivity contribution in [2.45, 2.75) is 63.5 Å². The summed E-state index contributed by atoms with van der Waals surface area (Å²) in [4.78, 5) is 12.6. The molecule has 2 N–H and O–H groups in total. The minimum absolute atomic E-state index is 0.0976. The fraction of sp³-hybridized carbons (Fsp3) is 0.765. The lowest BCUT2D eigenvalue weighted by Gasteiger charge is -2.26. The molecule has 1 aromatic heterocycles. The third-order valence-electron chi connectivity index (χ3n) is 6.07. The van der Waals surface area contributed by atoms with Crippen LogP contribution in [0, 0.1) is 17.8 Å². The third kappa shape index (κ3) is 2.33. The first-order chi connectivity index (χ1) is 10.2. The number of hydrogen-bond donors (Lipinski definition) is 1. The van der Waals surface area contributed by atoms with Crippen molar-refractivity contribution in [3.8, 4) is 0 Å². The minimum Gasteiger partial charge on any atom is -0.327 e. The lowest BCUT2D eigenvalue weighted by molar-refractivity contribution is -0.124. The van der Waals surface area contributed by atoms with Crippen LogP contribution >= 0.6 is 0 Å². The standard InChI is InChI=1S/C17H25N3O/c18-17-12-6-5-11(9-12)16(17)15(21)10-13-7-8-20(19-13)14-3-1-2-4-14/h7-8,11-12,14,16-17H,1-6,9-10,18H2. The van der Waals surface area contributed by atoms with Gasteiger partial charge < -0.3 is 5.73 Å². The number of aromatic nitrogens is 2. The molecule has 21 heavy (non-hydrogen) atoms. The number of nitrogens with two attached hydrogens (primary N) is 1. The Morgan fingerprint density at radius 2 is 2.00 bits per heavy atom. The molecule has 3 aliphatic rings. The summed E-state index contributed by atoms with van der Waals surface area (Å²) in [5.41, 5.74) is 7.21. The van der Waals surface area contributed by atoms with Crippen molar-refractivity contribution in [1.29, 1.82) is 0 Å². The molecule has 4 atom stereocenters. The number of Topliss-reactive ketones (excluding diaryl/α,β-unsaturated/α-hetero) is 1. The minimum atomic E-state index is 0.0976. The molecule has 0 radical (unpaired) electrons. The molecular formula is C17H25N3O. The molecule has 0 saturated heterocycles. The van der Waals surface area contributed by atoms with Crippen LogP contribution < -0.4 is 5.73 Å². The van der Waals surface area contributed by atoms with Gasteiger partial charge in [0.05, 0.1) is 18.2 Å². The summed E-state index contributed by atoms with van der Waals surface area (Å²) in [6.45, 7) is 0. The second kappa shape index (κ2) is 5.24. The van der Waals surface area contributed by atoms with Crippen molar-refractivity contribution in [1.82, 2.24) is 9.78 Å². The number of carbonyl (C=O) groups excluding carboxylic acids is 1. The van der Waals surface area contributed by atoms with Crippen LogP contribution in [0.2, 0.25) is 0 Å². The molecule has 4 heteroatoms. The summed E-state index contributed by atoms with van der Waals surface area (Å²) in [7, 11) is 0. The summed E-state index contributed by atoms with van der Waals surface area (Å²) in [5, 5.41) is 4.65. The van der Waals surface area contributed by atoms with Crippen LogP contribution in [-0.4, -0.2) is 21.6 Å². The first-order valence-electron chi connectivity index (χ1n) is 8.54. The maximum atomic E-state index is 12.6. The highest BCUT2D eigenvalue weighted by Crippen LogP contribution is 2.48. The van der Waals surface area contributed by atoms with E-state index in [1.54, 1.807) is 0 Å². The Hall–Kier alpha value is -1.16. The highest BCUT2D eigenvalue weighted by atomic mass is 16.1. The van der Waals surface area contributed by atoms with Crippen LogP contribution in [0.5, 0.6) is 0 Å². The number of hydrogen-bond acceptors (Lipinski definition) is 3. The molecule has 4 nitrogen and oxygen atoms in total. The van der Waals surface area contributed by atoms with Crippen molar-refractivity contribution in [3.63, 3.8) is 0 Å². The van der Waals surface area contributed by atoms with Crippen LogP contribution in [0.3, 0.4) is 0 Å². The van der Waals surface area contributed by atoms with E-state index in [0.717, 1.165) is 5.69 Å². The molecule has 0 amide bonds. The van der Waals surface area contributed by atoms with Crippen LogP contribution in [0.15, 0.2) is 12.3 Å². The number of rotatable bonds is 4. The predicted octanol–water partition coefficient (Wildman–Crippen LogP) is 2.48. The van der Waals surface area contributed by atoms with Gasteiger partial charge in [-0.2, -0.15) is 5.10 Å². The van der Waals surface area contributed by atoms with E-state index in [0.29, 0.717) is 30.1 Å². The molecule has 1 aromatic rings. The maximum absolute atomic E-state index is 12.6. The Bertz CT molecular complexity index is 530. The van der Waals surface area contributed by atoms with E-state index >= 15 is 0 Å². The maximum Gasteiger partial charge on any atom is 0.143 e. The molecule has 2 bridgehead atoms. The molecule has 0 spiro atoms. The summed E-state index contributed by atoms with van der Waals surface area (Å²) < 4.78 is 2.08.